The van der Waals surface area contributed by atoms with Crippen LogP contribution < -0.4 is 5.32 Å². The van der Waals surface area contributed by atoms with E-state index >= 15 is 0 Å². The van der Waals surface area contributed by atoms with Gasteiger partial charge in [0.15, 0.2) is 5.13 Å². The van der Waals surface area contributed by atoms with E-state index in [1.165, 1.54) is 37.0 Å². The number of hydrogen-bond donors (Lipinski definition) is 1. The van der Waals surface area contributed by atoms with Gasteiger partial charge in [-0.2, -0.15) is 0 Å². The minimum absolute atomic E-state index is 0.492. The van der Waals surface area contributed by atoms with Crippen LogP contribution in [-0.4, -0.2) is 24.2 Å². The lowest BCUT2D eigenvalue weighted by Gasteiger charge is -2.10. The van der Waals surface area contributed by atoms with Crippen molar-refractivity contribution in [3.8, 4) is 0 Å². The number of aromatic nitrogens is 1. The highest BCUT2D eigenvalue weighted by Gasteiger charge is 2.14. The molecule has 0 spiro atoms. The van der Waals surface area contributed by atoms with Crippen LogP contribution >= 0.6 is 22.9 Å². The SMILES string of the molecule is Clc1csc(NCCOC2CCCC2)n1. The van der Waals surface area contributed by atoms with Crippen molar-refractivity contribution in [1.29, 1.82) is 0 Å². The molecule has 1 aliphatic carbocycles. The molecule has 0 aromatic carbocycles. The zero-order valence-electron chi connectivity index (χ0n) is 8.54. The van der Waals surface area contributed by atoms with Crippen LogP contribution in [0, 0.1) is 0 Å². The first-order chi connectivity index (χ1) is 7.34. The van der Waals surface area contributed by atoms with Gasteiger partial charge in [-0.05, 0) is 12.8 Å². The van der Waals surface area contributed by atoms with E-state index in [1.807, 2.05) is 5.38 Å². The van der Waals surface area contributed by atoms with Crippen molar-refractivity contribution in [3.05, 3.63) is 10.5 Å². The first-order valence-corrected chi connectivity index (χ1v) is 6.57. The van der Waals surface area contributed by atoms with E-state index in [0.29, 0.717) is 11.3 Å². The number of rotatable bonds is 5. The zero-order valence-corrected chi connectivity index (χ0v) is 10.1. The number of anilines is 1. The van der Waals surface area contributed by atoms with Crippen LogP contribution in [0.5, 0.6) is 0 Å². The summed E-state index contributed by atoms with van der Waals surface area (Å²) in [6.07, 6.45) is 5.58. The first-order valence-electron chi connectivity index (χ1n) is 5.31. The molecular formula is C10H15ClN2OS. The van der Waals surface area contributed by atoms with Gasteiger partial charge in [0.2, 0.25) is 0 Å². The third-order valence-electron chi connectivity index (χ3n) is 2.51. The molecular weight excluding hydrogens is 232 g/mol. The van der Waals surface area contributed by atoms with Crippen LogP contribution in [0.1, 0.15) is 25.7 Å². The van der Waals surface area contributed by atoms with Crippen LogP contribution in [0.3, 0.4) is 0 Å². The number of hydrogen-bond acceptors (Lipinski definition) is 4. The summed E-state index contributed by atoms with van der Waals surface area (Å²) < 4.78 is 5.71. The van der Waals surface area contributed by atoms with Gasteiger partial charge in [0.1, 0.15) is 5.15 Å². The van der Waals surface area contributed by atoms with Gasteiger partial charge in [0.05, 0.1) is 12.7 Å². The molecule has 1 aromatic heterocycles. The molecule has 84 valence electrons. The second-order valence-electron chi connectivity index (χ2n) is 3.68. The van der Waals surface area contributed by atoms with Crippen molar-refractivity contribution < 1.29 is 4.74 Å². The molecule has 3 nitrogen and oxygen atoms in total. The Morgan fingerprint density at radius 1 is 1.53 bits per heavy atom. The van der Waals surface area contributed by atoms with E-state index in [9.17, 15) is 0 Å². The van der Waals surface area contributed by atoms with E-state index in [4.69, 9.17) is 16.3 Å². The molecule has 1 N–H and O–H groups in total. The molecule has 0 atom stereocenters. The number of halogens is 1. The largest absolute Gasteiger partial charge is 0.376 e. The molecule has 1 heterocycles. The Morgan fingerprint density at radius 3 is 3.00 bits per heavy atom. The Kier molecular flexibility index (Phi) is 4.23. The predicted octanol–water partition coefficient (Wildman–Crippen LogP) is 3.17. The van der Waals surface area contributed by atoms with Crippen molar-refractivity contribution in [2.75, 3.05) is 18.5 Å². The first kappa shape index (κ1) is 11.2. The molecule has 15 heavy (non-hydrogen) atoms. The number of nitrogens with zero attached hydrogens (tertiary/aromatic N) is 1. The summed E-state index contributed by atoms with van der Waals surface area (Å²) in [7, 11) is 0. The summed E-state index contributed by atoms with van der Waals surface area (Å²) in [5.41, 5.74) is 0. The minimum atomic E-state index is 0.492. The lowest BCUT2D eigenvalue weighted by atomic mass is 10.3. The molecule has 0 unspecified atom stereocenters. The van der Waals surface area contributed by atoms with Crippen molar-refractivity contribution in [1.82, 2.24) is 4.98 Å². The maximum atomic E-state index is 5.71. The summed E-state index contributed by atoms with van der Waals surface area (Å²) in [6, 6.07) is 0. The molecule has 1 saturated carbocycles. The van der Waals surface area contributed by atoms with Crippen molar-refractivity contribution in [2.45, 2.75) is 31.8 Å². The van der Waals surface area contributed by atoms with Gasteiger partial charge in [-0.15, -0.1) is 11.3 Å². The number of ether oxygens (including phenoxy) is 1. The normalized spacial score (nSPS) is 17.1. The van der Waals surface area contributed by atoms with Gasteiger partial charge in [0, 0.05) is 11.9 Å². The van der Waals surface area contributed by atoms with E-state index in [1.54, 1.807) is 0 Å². The van der Waals surface area contributed by atoms with Crippen molar-refractivity contribution in [3.63, 3.8) is 0 Å². The van der Waals surface area contributed by atoms with Gasteiger partial charge < -0.3 is 10.1 Å². The predicted molar refractivity (Wildman–Crippen MR) is 63.8 cm³/mol. The van der Waals surface area contributed by atoms with Gasteiger partial charge in [-0.3, -0.25) is 0 Å². The Balaban J connectivity index is 1.58. The highest BCUT2D eigenvalue weighted by atomic mass is 35.5. The maximum Gasteiger partial charge on any atom is 0.184 e. The Hall–Kier alpha value is -0.320. The second-order valence-corrected chi connectivity index (χ2v) is 4.92. The fourth-order valence-electron chi connectivity index (χ4n) is 1.77. The average Bonchev–Trinajstić information content (AvgIpc) is 2.84. The highest BCUT2D eigenvalue weighted by Crippen LogP contribution is 2.21. The van der Waals surface area contributed by atoms with E-state index in [2.05, 4.69) is 10.3 Å². The van der Waals surface area contributed by atoms with Crippen molar-refractivity contribution >= 4 is 28.1 Å². The molecule has 5 heteroatoms. The molecule has 1 aliphatic rings. The number of thiazole rings is 1. The Labute approximate surface area is 98.8 Å². The van der Waals surface area contributed by atoms with Gasteiger partial charge in [-0.1, -0.05) is 24.4 Å². The standard InChI is InChI=1S/C10H15ClN2OS/c11-9-7-15-10(13-9)12-5-6-14-8-3-1-2-4-8/h7-8H,1-6H2,(H,12,13). The average molecular weight is 247 g/mol. The lowest BCUT2D eigenvalue weighted by molar-refractivity contribution is 0.0659. The molecule has 0 bridgehead atoms. The smallest absolute Gasteiger partial charge is 0.184 e. The second kappa shape index (κ2) is 5.68. The Morgan fingerprint density at radius 2 is 2.33 bits per heavy atom. The van der Waals surface area contributed by atoms with E-state index < -0.39 is 0 Å². The fourth-order valence-corrected chi connectivity index (χ4v) is 2.64. The van der Waals surface area contributed by atoms with Crippen molar-refractivity contribution in [2.24, 2.45) is 0 Å². The molecule has 0 saturated heterocycles. The van der Waals surface area contributed by atoms with Crippen LogP contribution in [0.4, 0.5) is 5.13 Å². The summed E-state index contributed by atoms with van der Waals surface area (Å²) in [5, 5.41) is 6.43. The lowest BCUT2D eigenvalue weighted by Crippen LogP contribution is -2.15. The third kappa shape index (κ3) is 3.63. The maximum absolute atomic E-state index is 5.71. The van der Waals surface area contributed by atoms with Crippen LogP contribution in [0.2, 0.25) is 5.15 Å². The monoisotopic (exact) mass is 246 g/mol. The topological polar surface area (TPSA) is 34.1 Å². The highest BCUT2D eigenvalue weighted by molar-refractivity contribution is 7.14. The minimum Gasteiger partial charge on any atom is -0.376 e. The van der Waals surface area contributed by atoms with Gasteiger partial charge in [0.25, 0.3) is 0 Å². The van der Waals surface area contributed by atoms with Crippen LogP contribution in [-0.2, 0) is 4.74 Å². The summed E-state index contributed by atoms with van der Waals surface area (Å²) >= 11 is 7.23. The quantitative estimate of drug-likeness (QED) is 0.811. The van der Waals surface area contributed by atoms with Gasteiger partial charge in [-0.25, -0.2) is 4.98 Å². The molecule has 1 aromatic rings. The molecule has 1 fully saturated rings. The van der Waals surface area contributed by atoms with E-state index in [0.717, 1.165) is 18.3 Å². The van der Waals surface area contributed by atoms with Crippen LogP contribution in [0.25, 0.3) is 0 Å². The fraction of sp³-hybridized carbons (Fsp3) is 0.700. The Bertz CT molecular complexity index is 299. The molecule has 0 radical (unpaired) electrons. The third-order valence-corrected chi connectivity index (χ3v) is 3.63. The van der Waals surface area contributed by atoms with E-state index in [-0.39, 0.29) is 0 Å². The number of nitrogens with one attached hydrogen (secondary N) is 1. The molecule has 0 amide bonds. The molecule has 0 aliphatic heterocycles. The summed E-state index contributed by atoms with van der Waals surface area (Å²) in [6.45, 7) is 1.56. The van der Waals surface area contributed by atoms with Gasteiger partial charge >= 0.3 is 0 Å². The van der Waals surface area contributed by atoms with Crippen LogP contribution in [0.15, 0.2) is 5.38 Å². The molecule has 2 rings (SSSR count). The zero-order chi connectivity index (χ0) is 10.5. The summed E-state index contributed by atoms with van der Waals surface area (Å²) in [4.78, 5) is 4.10. The summed E-state index contributed by atoms with van der Waals surface area (Å²) in [5.74, 6) is 0.